The Bertz CT molecular complexity index is 325. The lowest BCUT2D eigenvalue weighted by Crippen LogP contribution is -2.31. The van der Waals surface area contributed by atoms with Crippen LogP contribution in [0.3, 0.4) is 0 Å². The number of hydrogen-bond donors (Lipinski definition) is 1. The summed E-state index contributed by atoms with van der Waals surface area (Å²) in [4.78, 5) is 0. The Balaban J connectivity index is 2.39. The van der Waals surface area contributed by atoms with Crippen LogP contribution in [0, 0.1) is 0 Å². The highest BCUT2D eigenvalue weighted by atomic mass is 16.5. The van der Waals surface area contributed by atoms with Gasteiger partial charge in [0.25, 0.3) is 0 Å². The fourth-order valence-electron chi connectivity index (χ4n) is 2.62. The van der Waals surface area contributed by atoms with E-state index in [1.165, 1.54) is 37.7 Å². The molecule has 114 valence electrons. The summed E-state index contributed by atoms with van der Waals surface area (Å²) in [5.41, 5.74) is 1.31. The van der Waals surface area contributed by atoms with Crippen molar-refractivity contribution >= 4 is 0 Å². The van der Waals surface area contributed by atoms with Crippen LogP contribution < -0.4 is 5.32 Å². The van der Waals surface area contributed by atoms with Crippen molar-refractivity contribution in [3.05, 3.63) is 35.9 Å². The molecule has 0 aliphatic heterocycles. The second-order valence-electron chi connectivity index (χ2n) is 5.41. The molecule has 2 heteroatoms. The van der Waals surface area contributed by atoms with E-state index in [-0.39, 0.29) is 12.1 Å². The standard InChI is InChI=1S/C18H31NO/c1-4-6-7-8-12-15-20-17(5-2)18(19-3)16-13-10-9-11-14-16/h9-11,13-14,17-19H,4-8,12,15H2,1-3H3. The normalized spacial score (nSPS) is 14.2. The van der Waals surface area contributed by atoms with Crippen LogP contribution in [0.1, 0.15) is 64.0 Å². The first-order valence-electron chi connectivity index (χ1n) is 8.17. The summed E-state index contributed by atoms with van der Waals surface area (Å²) in [5.74, 6) is 0. The fraction of sp³-hybridized carbons (Fsp3) is 0.667. The molecule has 0 saturated heterocycles. The van der Waals surface area contributed by atoms with Gasteiger partial charge in [-0.05, 0) is 25.5 Å². The Morgan fingerprint density at radius 1 is 1.00 bits per heavy atom. The summed E-state index contributed by atoms with van der Waals surface area (Å²) >= 11 is 0. The van der Waals surface area contributed by atoms with E-state index in [4.69, 9.17) is 4.74 Å². The zero-order valence-corrected chi connectivity index (χ0v) is 13.4. The molecule has 0 aromatic heterocycles. The number of benzene rings is 1. The van der Waals surface area contributed by atoms with E-state index in [0.29, 0.717) is 0 Å². The van der Waals surface area contributed by atoms with Crippen LogP contribution in [0.15, 0.2) is 30.3 Å². The number of hydrogen-bond acceptors (Lipinski definition) is 2. The summed E-state index contributed by atoms with van der Waals surface area (Å²) in [6, 6.07) is 10.9. The van der Waals surface area contributed by atoms with Crippen LogP contribution in [0.25, 0.3) is 0 Å². The molecule has 0 aliphatic rings. The maximum absolute atomic E-state index is 6.12. The molecule has 1 aromatic carbocycles. The van der Waals surface area contributed by atoms with Gasteiger partial charge in [0.2, 0.25) is 0 Å². The monoisotopic (exact) mass is 277 g/mol. The number of ether oxygens (including phenoxy) is 1. The molecule has 2 atom stereocenters. The minimum atomic E-state index is 0.258. The Morgan fingerprint density at radius 3 is 2.30 bits per heavy atom. The summed E-state index contributed by atoms with van der Waals surface area (Å²) in [5, 5.41) is 3.41. The SMILES string of the molecule is CCCCCCCOC(CC)C(NC)c1ccccc1. The molecule has 1 rings (SSSR count). The lowest BCUT2D eigenvalue weighted by atomic mass is 10.00. The van der Waals surface area contributed by atoms with E-state index in [1.54, 1.807) is 0 Å². The lowest BCUT2D eigenvalue weighted by Gasteiger charge is -2.26. The fourth-order valence-corrected chi connectivity index (χ4v) is 2.62. The molecule has 0 fully saturated rings. The van der Waals surface area contributed by atoms with Crippen LogP contribution in [-0.4, -0.2) is 19.8 Å². The highest BCUT2D eigenvalue weighted by molar-refractivity contribution is 5.20. The van der Waals surface area contributed by atoms with E-state index in [0.717, 1.165) is 13.0 Å². The minimum absolute atomic E-state index is 0.258. The molecule has 1 aromatic rings. The van der Waals surface area contributed by atoms with Crippen molar-refractivity contribution in [2.24, 2.45) is 0 Å². The predicted molar refractivity (Wildman–Crippen MR) is 87.0 cm³/mol. The summed E-state index contributed by atoms with van der Waals surface area (Å²) in [6.07, 6.45) is 7.75. The summed E-state index contributed by atoms with van der Waals surface area (Å²) < 4.78 is 6.12. The predicted octanol–water partition coefficient (Wildman–Crippen LogP) is 4.71. The quantitative estimate of drug-likeness (QED) is 0.591. The van der Waals surface area contributed by atoms with Crippen molar-refractivity contribution < 1.29 is 4.74 Å². The first-order chi connectivity index (χ1) is 9.83. The van der Waals surface area contributed by atoms with Gasteiger partial charge in [0.05, 0.1) is 12.1 Å². The largest absolute Gasteiger partial charge is 0.376 e. The molecule has 0 bridgehead atoms. The van der Waals surface area contributed by atoms with Gasteiger partial charge in [-0.3, -0.25) is 0 Å². The van der Waals surface area contributed by atoms with Crippen molar-refractivity contribution in [3.8, 4) is 0 Å². The van der Waals surface area contributed by atoms with E-state index in [9.17, 15) is 0 Å². The van der Waals surface area contributed by atoms with Crippen molar-refractivity contribution in [2.45, 2.75) is 64.5 Å². The Kier molecular flexibility index (Phi) is 9.35. The molecule has 0 aliphatic carbocycles. The van der Waals surface area contributed by atoms with E-state index < -0.39 is 0 Å². The zero-order chi connectivity index (χ0) is 14.6. The third-order valence-corrected chi connectivity index (χ3v) is 3.82. The molecule has 2 unspecified atom stereocenters. The Labute approximate surface area is 124 Å². The van der Waals surface area contributed by atoms with Crippen molar-refractivity contribution in [2.75, 3.05) is 13.7 Å². The number of likely N-dealkylation sites (N-methyl/N-ethyl adjacent to an activating group) is 1. The van der Waals surface area contributed by atoms with Gasteiger partial charge >= 0.3 is 0 Å². The third-order valence-electron chi connectivity index (χ3n) is 3.82. The number of nitrogens with one attached hydrogen (secondary N) is 1. The minimum Gasteiger partial charge on any atom is -0.376 e. The Morgan fingerprint density at radius 2 is 1.70 bits per heavy atom. The molecular weight excluding hydrogens is 246 g/mol. The highest BCUT2D eigenvalue weighted by Crippen LogP contribution is 2.21. The van der Waals surface area contributed by atoms with Crippen molar-refractivity contribution in [1.29, 1.82) is 0 Å². The van der Waals surface area contributed by atoms with Gasteiger partial charge in [0, 0.05) is 6.61 Å². The molecule has 0 amide bonds. The average molecular weight is 277 g/mol. The first kappa shape index (κ1) is 17.2. The van der Waals surface area contributed by atoms with Gasteiger partial charge in [-0.2, -0.15) is 0 Å². The van der Waals surface area contributed by atoms with Crippen LogP contribution >= 0.6 is 0 Å². The van der Waals surface area contributed by atoms with Gasteiger partial charge < -0.3 is 10.1 Å². The van der Waals surface area contributed by atoms with Crippen LogP contribution in [0.5, 0.6) is 0 Å². The molecular formula is C18H31NO. The van der Waals surface area contributed by atoms with Crippen LogP contribution in [0.4, 0.5) is 0 Å². The lowest BCUT2D eigenvalue weighted by molar-refractivity contribution is 0.0229. The molecule has 1 N–H and O–H groups in total. The average Bonchev–Trinajstić information content (AvgIpc) is 2.50. The molecule has 2 nitrogen and oxygen atoms in total. The van der Waals surface area contributed by atoms with Gasteiger partial charge in [0.1, 0.15) is 0 Å². The van der Waals surface area contributed by atoms with Crippen LogP contribution in [0.2, 0.25) is 0 Å². The number of unbranched alkanes of at least 4 members (excludes halogenated alkanes) is 4. The third kappa shape index (κ3) is 6.06. The van der Waals surface area contributed by atoms with E-state index in [1.807, 2.05) is 7.05 Å². The van der Waals surface area contributed by atoms with Gasteiger partial charge in [-0.15, -0.1) is 0 Å². The molecule has 20 heavy (non-hydrogen) atoms. The van der Waals surface area contributed by atoms with Gasteiger partial charge in [-0.25, -0.2) is 0 Å². The zero-order valence-electron chi connectivity index (χ0n) is 13.4. The second-order valence-corrected chi connectivity index (χ2v) is 5.41. The maximum Gasteiger partial charge on any atom is 0.0767 e. The van der Waals surface area contributed by atoms with Crippen LogP contribution in [-0.2, 0) is 4.74 Å². The smallest absolute Gasteiger partial charge is 0.0767 e. The maximum atomic E-state index is 6.12. The second kappa shape index (κ2) is 10.9. The van der Waals surface area contributed by atoms with Gasteiger partial charge in [0.15, 0.2) is 0 Å². The molecule has 0 spiro atoms. The van der Waals surface area contributed by atoms with Crippen molar-refractivity contribution in [1.82, 2.24) is 5.32 Å². The first-order valence-corrected chi connectivity index (χ1v) is 8.17. The number of rotatable bonds is 11. The summed E-state index contributed by atoms with van der Waals surface area (Å²) in [7, 11) is 2.02. The highest BCUT2D eigenvalue weighted by Gasteiger charge is 2.20. The molecule has 0 radical (unpaired) electrons. The summed E-state index contributed by atoms with van der Waals surface area (Å²) in [6.45, 7) is 5.34. The molecule has 0 saturated carbocycles. The Hall–Kier alpha value is -0.860. The van der Waals surface area contributed by atoms with E-state index >= 15 is 0 Å². The van der Waals surface area contributed by atoms with Crippen molar-refractivity contribution in [3.63, 3.8) is 0 Å². The van der Waals surface area contributed by atoms with E-state index in [2.05, 4.69) is 49.5 Å². The topological polar surface area (TPSA) is 21.3 Å². The van der Waals surface area contributed by atoms with Gasteiger partial charge in [-0.1, -0.05) is 69.9 Å². The molecule has 0 heterocycles.